The third-order valence-electron chi connectivity index (χ3n) is 2.92. The first kappa shape index (κ1) is 13.2. The Kier molecular flexibility index (Phi) is 4.57. The van der Waals surface area contributed by atoms with Crippen LogP contribution < -0.4 is 0 Å². The van der Waals surface area contributed by atoms with Crippen LogP contribution in [-0.2, 0) is 0 Å². The Morgan fingerprint density at radius 1 is 0.895 bits per heavy atom. The quantitative estimate of drug-likeness (QED) is 0.440. The maximum absolute atomic E-state index is 8.19. The molecule has 0 radical (unpaired) electrons. The third-order valence-corrected chi connectivity index (χ3v) is 2.92. The van der Waals surface area contributed by atoms with E-state index >= 15 is 0 Å². The molecule has 0 saturated heterocycles. The molecule has 2 rings (SSSR count). The molecule has 0 aliphatic carbocycles. The Morgan fingerprint density at radius 2 is 1.42 bits per heavy atom. The Morgan fingerprint density at radius 3 is 1.95 bits per heavy atom. The van der Waals surface area contributed by atoms with Gasteiger partial charge >= 0.3 is 0 Å². The van der Waals surface area contributed by atoms with Gasteiger partial charge in [0, 0.05) is 6.08 Å². The summed E-state index contributed by atoms with van der Waals surface area (Å²) in [6.07, 6.45) is 5.06. The highest BCUT2D eigenvalue weighted by Gasteiger charge is 2.05. The second-order valence-corrected chi connectivity index (χ2v) is 4.36. The Balaban J connectivity index is 2.35. The zero-order valence-corrected chi connectivity index (χ0v) is 11.1. The predicted octanol–water partition coefficient (Wildman–Crippen LogP) is 4.25. The van der Waals surface area contributed by atoms with E-state index in [9.17, 15) is 0 Å². The first-order valence-corrected chi connectivity index (χ1v) is 6.55. The molecular formula is C18H19O+. The summed E-state index contributed by atoms with van der Waals surface area (Å²) < 4.78 is 0. The molecule has 0 aliphatic rings. The minimum Gasteiger partial charge on any atom is -0.593 e. The Labute approximate surface area is 114 Å². The van der Waals surface area contributed by atoms with E-state index in [1.807, 2.05) is 54.6 Å². The molecule has 0 atom stereocenters. The monoisotopic (exact) mass is 251 g/mol. The lowest BCUT2D eigenvalue weighted by Crippen LogP contribution is -1.86. The summed E-state index contributed by atoms with van der Waals surface area (Å²) in [5.74, 6) is 0.546. The third kappa shape index (κ3) is 3.59. The van der Waals surface area contributed by atoms with E-state index in [4.69, 9.17) is 5.11 Å². The first-order chi connectivity index (χ1) is 9.31. The molecule has 0 unspecified atom stereocenters. The van der Waals surface area contributed by atoms with Crippen molar-refractivity contribution in [2.24, 2.45) is 0 Å². The highest BCUT2D eigenvalue weighted by Crippen LogP contribution is 2.21. The smallest absolute Gasteiger partial charge is 0.261 e. The standard InChI is InChI=1S/C18H18O/c1-2-9-17(15-10-5-3-6-11-15)14-18(19)16-12-7-4-8-13-16/h3-14,19H,2H2,1H3/p+1/b17-9+,18-14-. The van der Waals surface area contributed by atoms with Gasteiger partial charge < -0.3 is 5.11 Å². The van der Waals surface area contributed by atoms with Crippen LogP contribution in [0.25, 0.3) is 11.3 Å². The first-order valence-electron chi connectivity index (χ1n) is 6.55. The second-order valence-electron chi connectivity index (χ2n) is 4.36. The molecule has 0 fully saturated rings. The van der Waals surface area contributed by atoms with Gasteiger partial charge in [-0.25, -0.2) is 0 Å². The molecule has 0 saturated carbocycles. The summed E-state index contributed by atoms with van der Waals surface area (Å²) in [6, 6.07) is 20.0. The van der Waals surface area contributed by atoms with Crippen LogP contribution in [0.4, 0.5) is 0 Å². The van der Waals surface area contributed by atoms with Crippen LogP contribution >= 0.6 is 0 Å². The van der Waals surface area contributed by atoms with E-state index in [0.717, 1.165) is 23.1 Å². The van der Waals surface area contributed by atoms with Crippen LogP contribution in [0, 0.1) is 0 Å². The van der Waals surface area contributed by atoms with Crippen molar-refractivity contribution in [3.05, 3.63) is 83.9 Å². The van der Waals surface area contributed by atoms with Gasteiger partial charge in [-0.05, 0) is 29.7 Å². The maximum Gasteiger partial charge on any atom is 0.261 e. The zero-order valence-electron chi connectivity index (χ0n) is 11.1. The lowest BCUT2D eigenvalue weighted by atomic mass is 10.0. The highest BCUT2D eigenvalue weighted by molar-refractivity contribution is 5.81. The molecule has 0 aliphatic heterocycles. The largest absolute Gasteiger partial charge is 0.593 e. The van der Waals surface area contributed by atoms with E-state index in [0.29, 0.717) is 5.76 Å². The van der Waals surface area contributed by atoms with Crippen molar-refractivity contribution in [2.75, 3.05) is 0 Å². The molecule has 0 aromatic heterocycles. The summed E-state index contributed by atoms with van der Waals surface area (Å²) in [5.41, 5.74) is 3.21. The van der Waals surface area contributed by atoms with Gasteiger partial charge in [0.05, 0.1) is 5.56 Å². The number of benzene rings is 2. The maximum atomic E-state index is 8.19. The van der Waals surface area contributed by atoms with Crippen LogP contribution in [0.1, 0.15) is 24.5 Å². The second kappa shape index (κ2) is 6.60. The van der Waals surface area contributed by atoms with Crippen molar-refractivity contribution in [2.45, 2.75) is 13.3 Å². The van der Waals surface area contributed by atoms with E-state index in [2.05, 4.69) is 25.1 Å². The average molecular weight is 251 g/mol. The fourth-order valence-corrected chi connectivity index (χ4v) is 1.97. The predicted molar refractivity (Wildman–Crippen MR) is 82.7 cm³/mol. The molecule has 96 valence electrons. The molecule has 0 amide bonds. The molecule has 2 aromatic carbocycles. The molecule has 0 spiro atoms. The van der Waals surface area contributed by atoms with E-state index in [1.54, 1.807) is 0 Å². The summed E-state index contributed by atoms with van der Waals surface area (Å²) >= 11 is 0. The molecule has 2 aromatic rings. The van der Waals surface area contributed by atoms with Crippen LogP contribution in [0.15, 0.2) is 72.8 Å². The van der Waals surface area contributed by atoms with Gasteiger partial charge in [0.15, 0.2) is 0 Å². The fourth-order valence-electron chi connectivity index (χ4n) is 1.97. The minimum atomic E-state index is 0.546. The number of hydrogen-bond acceptors (Lipinski definition) is 0. The fraction of sp³-hybridized carbons (Fsp3) is 0.111. The lowest BCUT2D eigenvalue weighted by molar-refractivity contribution is 0.512. The van der Waals surface area contributed by atoms with E-state index < -0.39 is 0 Å². The number of rotatable bonds is 4. The molecule has 19 heavy (non-hydrogen) atoms. The summed E-state index contributed by atoms with van der Waals surface area (Å²) in [7, 11) is 0. The van der Waals surface area contributed by atoms with Gasteiger partial charge in [0.2, 0.25) is 0 Å². The summed E-state index contributed by atoms with van der Waals surface area (Å²) in [5, 5.41) is 8.19. The Hall–Kier alpha value is -2.28. The van der Waals surface area contributed by atoms with Crippen molar-refractivity contribution in [1.82, 2.24) is 0 Å². The van der Waals surface area contributed by atoms with E-state index in [1.165, 1.54) is 0 Å². The molecule has 1 nitrogen and oxygen atoms in total. The minimum absolute atomic E-state index is 0.546. The van der Waals surface area contributed by atoms with Gasteiger partial charge in [0.1, 0.15) is 0 Å². The van der Waals surface area contributed by atoms with E-state index in [-0.39, 0.29) is 0 Å². The van der Waals surface area contributed by atoms with Crippen molar-refractivity contribution >= 4 is 11.3 Å². The van der Waals surface area contributed by atoms with Crippen molar-refractivity contribution < 1.29 is 5.11 Å². The van der Waals surface area contributed by atoms with Crippen LogP contribution in [0.5, 0.6) is 0 Å². The molecule has 2 N–H and O–H groups in total. The van der Waals surface area contributed by atoms with Crippen molar-refractivity contribution in [3.63, 3.8) is 0 Å². The van der Waals surface area contributed by atoms with Crippen LogP contribution in [0.3, 0.4) is 0 Å². The van der Waals surface area contributed by atoms with Crippen molar-refractivity contribution in [3.8, 4) is 0 Å². The van der Waals surface area contributed by atoms with Crippen LogP contribution in [0.2, 0.25) is 0 Å². The van der Waals surface area contributed by atoms with Crippen LogP contribution in [-0.4, -0.2) is 5.11 Å². The number of allylic oxidation sites excluding steroid dienone is 3. The zero-order chi connectivity index (χ0) is 13.5. The molecule has 0 bridgehead atoms. The normalized spacial score (nSPS) is 12.5. The SMILES string of the molecule is CC/C=C(\C=C(/[OH2+])c1ccccc1)c1ccccc1. The average Bonchev–Trinajstić information content (AvgIpc) is 2.48. The van der Waals surface area contributed by atoms with Crippen molar-refractivity contribution in [1.29, 1.82) is 0 Å². The highest BCUT2D eigenvalue weighted by atomic mass is 16.3. The number of hydrogen-bond donors (Lipinski definition) is 0. The van der Waals surface area contributed by atoms with Gasteiger partial charge in [-0.1, -0.05) is 61.5 Å². The van der Waals surface area contributed by atoms with Gasteiger partial charge in [-0.2, -0.15) is 0 Å². The van der Waals surface area contributed by atoms with Gasteiger partial charge in [-0.3, -0.25) is 0 Å². The van der Waals surface area contributed by atoms with Gasteiger partial charge in [-0.15, -0.1) is 0 Å². The Bertz CT molecular complexity index is 565. The summed E-state index contributed by atoms with van der Waals surface area (Å²) in [6.45, 7) is 2.11. The topological polar surface area (TPSA) is 22.9 Å². The molecule has 1 heteroatoms. The molecular weight excluding hydrogens is 232 g/mol. The lowest BCUT2D eigenvalue weighted by Gasteiger charge is -2.03. The van der Waals surface area contributed by atoms with Gasteiger partial charge in [0.25, 0.3) is 5.76 Å². The summed E-state index contributed by atoms with van der Waals surface area (Å²) in [4.78, 5) is 0. The molecule has 0 heterocycles.